The summed E-state index contributed by atoms with van der Waals surface area (Å²) < 4.78 is 0. The van der Waals surface area contributed by atoms with Gasteiger partial charge in [-0.1, -0.05) is 11.6 Å². The third-order valence-corrected chi connectivity index (χ3v) is 2.92. The number of aromatic nitrogens is 1. The highest BCUT2D eigenvalue weighted by Crippen LogP contribution is 2.28. The number of pyridine rings is 1. The van der Waals surface area contributed by atoms with Gasteiger partial charge in [-0.15, -0.1) is 0 Å². The monoisotopic (exact) mass is 307 g/mol. The third-order valence-electron chi connectivity index (χ3n) is 2.68. The minimum Gasteiger partial charge on any atom is -0.478 e. The first-order valence-corrected chi connectivity index (χ1v) is 6.21. The lowest BCUT2D eigenvalue weighted by molar-refractivity contribution is -0.383. The molecule has 0 unspecified atom stereocenters. The molecule has 0 aliphatic carbocycles. The van der Waals surface area contributed by atoms with Crippen molar-refractivity contribution in [3.8, 4) is 0 Å². The van der Waals surface area contributed by atoms with E-state index < -0.39 is 10.9 Å². The number of rotatable bonds is 5. The Labute approximate surface area is 124 Å². The third kappa shape index (κ3) is 3.67. The van der Waals surface area contributed by atoms with Crippen LogP contribution in [0.2, 0.25) is 5.02 Å². The van der Waals surface area contributed by atoms with Crippen molar-refractivity contribution < 1.29 is 14.8 Å². The van der Waals surface area contributed by atoms with Gasteiger partial charge in [0, 0.05) is 17.3 Å². The molecule has 1 heterocycles. The van der Waals surface area contributed by atoms with Crippen LogP contribution in [0.15, 0.2) is 36.5 Å². The first-order valence-electron chi connectivity index (χ1n) is 5.83. The van der Waals surface area contributed by atoms with Gasteiger partial charge >= 0.3 is 5.97 Å². The number of aromatic carboxylic acids is 1. The van der Waals surface area contributed by atoms with Crippen molar-refractivity contribution in [3.63, 3.8) is 0 Å². The van der Waals surface area contributed by atoms with Gasteiger partial charge in [0.15, 0.2) is 0 Å². The number of carboxylic acids is 1. The molecular formula is C13H10ClN3O4. The summed E-state index contributed by atoms with van der Waals surface area (Å²) in [5.74, 6) is -1.06. The number of nitrogens with zero attached hydrogens (tertiary/aromatic N) is 2. The molecule has 0 aliphatic rings. The molecule has 0 atom stereocenters. The Hall–Kier alpha value is -2.67. The van der Waals surface area contributed by atoms with Crippen molar-refractivity contribution in [2.24, 2.45) is 0 Å². The quantitative estimate of drug-likeness (QED) is 0.650. The zero-order chi connectivity index (χ0) is 15.4. The molecule has 0 saturated carbocycles. The number of hydrogen-bond donors (Lipinski definition) is 2. The van der Waals surface area contributed by atoms with Crippen LogP contribution in [0.4, 0.5) is 11.4 Å². The summed E-state index contributed by atoms with van der Waals surface area (Å²) in [7, 11) is 0. The Kier molecular flexibility index (Phi) is 4.34. The molecule has 1 aromatic carbocycles. The van der Waals surface area contributed by atoms with Gasteiger partial charge in [-0.25, -0.2) is 4.79 Å². The van der Waals surface area contributed by atoms with Crippen molar-refractivity contribution in [1.82, 2.24) is 4.98 Å². The second-order valence-corrected chi connectivity index (χ2v) is 4.55. The van der Waals surface area contributed by atoms with Crippen LogP contribution in [0.5, 0.6) is 0 Å². The number of anilines is 1. The first kappa shape index (κ1) is 14.7. The smallest absolute Gasteiger partial charge is 0.335 e. The van der Waals surface area contributed by atoms with Gasteiger partial charge in [0.1, 0.15) is 5.69 Å². The second kappa shape index (κ2) is 6.19. The minimum absolute atomic E-state index is 0.104. The molecule has 108 valence electrons. The summed E-state index contributed by atoms with van der Waals surface area (Å²) in [5, 5.41) is 22.9. The molecule has 0 aliphatic heterocycles. The molecule has 0 saturated heterocycles. The Morgan fingerprint density at radius 3 is 2.81 bits per heavy atom. The van der Waals surface area contributed by atoms with Gasteiger partial charge in [-0.3, -0.25) is 15.1 Å². The predicted molar refractivity (Wildman–Crippen MR) is 76.6 cm³/mol. The van der Waals surface area contributed by atoms with E-state index in [4.69, 9.17) is 16.7 Å². The lowest BCUT2D eigenvalue weighted by Crippen LogP contribution is -2.06. The van der Waals surface area contributed by atoms with E-state index in [2.05, 4.69) is 10.3 Å². The van der Waals surface area contributed by atoms with Gasteiger partial charge in [0.2, 0.25) is 0 Å². The van der Waals surface area contributed by atoms with Crippen molar-refractivity contribution >= 4 is 28.9 Å². The van der Waals surface area contributed by atoms with Crippen LogP contribution in [0.3, 0.4) is 0 Å². The van der Waals surface area contributed by atoms with Crippen LogP contribution in [0.1, 0.15) is 16.1 Å². The maximum Gasteiger partial charge on any atom is 0.335 e. The molecule has 2 rings (SSSR count). The summed E-state index contributed by atoms with van der Waals surface area (Å²) in [5.41, 5.74) is 0.690. The topological polar surface area (TPSA) is 105 Å². The van der Waals surface area contributed by atoms with E-state index in [-0.39, 0.29) is 28.5 Å². The average molecular weight is 308 g/mol. The molecule has 0 bridgehead atoms. The Balaban J connectivity index is 2.18. The molecule has 8 heteroatoms. The normalized spacial score (nSPS) is 10.1. The lowest BCUT2D eigenvalue weighted by atomic mass is 10.2. The zero-order valence-electron chi connectivity index (χ0n) is 10.6. The molecular weight excluding hydrogens is 298 g/mol. The highest BCUT2D eigenvalue weighted by Gasteiger charge is 2.14. The van der Waals surface area contributed by atoms with E-state index >= 15 is 0 Å². The minimum atomic E-state index is -1.06. The summed E-state index contributed by atoms with van der Waals surface area (Å²) in [6.07, 6.45) is 1.37. The van der Waals surface area contributed by atoms with Crippen molar-refractivity contribution in [2.75, 3.05) is 5.32 Å². The SMILES string of the molecule is O=C(O)c1ccnc(CNc2ccc(Cl)cc2[N+](=O)[O-])c1. The molecule has 21 heavy (non-hydrogen) atoms. The summed E-state index contributed by atoms with van der Waals surface area (Å²) in [6, 6.07) is 7.03. The van der Waals surface area contributed by atoms with E-state index in [0.29, 0.717) is 5.69 Å². The molecule has 7 nitrogen and oxygen atoms in total. The fourth-order valence-electron chi connectivity index (χ4n) is 1.70. The van der Waals surface area contributed by atoms with Crippen LogP contribution in [0, 0.1) is 10.1 Å². The van der Waals surface area contributed by atoms with Crippen molar-refractivity contribution in [2.45, 2.75) is 6.54 Å². The van der Waals surface area contributed by atoms with Gasteiger partial charge < -0.3 is 10.4 Å². The van der Waals surface area contributed by atoms with E-state index in [9.17, 15) is 14.9 Å². The molecule has 0 amide bonds. The van der Waals surface area contributed by atoms with E-state index in [1.165, 1.54) is 36.5 Å². The largest absolute Gasteiger partial charge is 0.478 e. The number of nitrogens with one attached hydrogen (secondary N) is 1. The Bertz CT molecular complexity index is 706. The van der Waals surface area contributed by atoms with E-state index in [1.54, 1.807) is 0 Å². The second-order valence-electron chi connectivity index (χ2n) is 4.11. The number of nitro benzene ring substituents is 1. The summed E-state index contributed by atoms with van der Waals surface area (Å²) in [4.78, 5) is 25.3. The molecule has 0 spiro atoms. The summed E-state index contributed by atoms with van der Waals surface area (Å²) >= 11 is 5.72. The molecule has 0 fully saturated rings. The highest BCUT2D eigenvalue weighted by atomic mass is 35.5. The number of halogens is 1. The Morgan fingerprint density at radius 1 is 1.38 bits per heavy atom. The van der Waals surface area contributed by atoms with Crippen LogP contribution in [-0.4, -0.2) is 21.0 Å². The van der Waals surface area contributed by atoms with E-state index in [0.717, 1.165) is 0 Å². The lowest BCUT2D eigenvalue weighted by Gasteiger charge is -2.07. The standard InChI is InChI=1S/C13H10ClN3O4/c14-9-1-2-11(12(6-9)17(20)21)16-7-10-5-8(13(18)19)3-4-15-10/h1-6,16H,7H2,(H,18,19). The fourth-order valence-corrected chi connectivity index (χ4v) is 1.87. The number of nitro groups is 1. The van der Waals surface area contributed by atoms with Crippen LogP contribution >= 0.6 is 11.6 Å². The maximum atomic E-state index is 10.9. The molecule has 1 aromatic heterocycles. The van der Waals surface area contributed by atoms with Crippen molar-refractivity contribution in [3.05, 3.63) is 62.9 Å². The van der Waals surface area contributed by atoms with Gasteiger partial charge in [0.25, 0.3) is 5.69 Å². The molecule has 2 aromatic rings. The number of hydrogen-bond acceptors (Lipinski definition) is 5. The van der Waals surface area contributed by atoms with Gasteiger partial charge in [-0.05, 0) is 24.3 Å². The van der Waals surface area contributed by atoms with Gasteiger partial charge in [-0.2, -0.15) is 0 Å². The number of carbonyl (C=O) groups is 1. The maximum absolute atomic E-state index is 10.9. The average Bonchev–Trinajstić information content (AvgIpc) is 2.46. The fraction of sp³-hybridized carbons (Fsp3) is 0.0769. The first-order chi connectivity index (χ1) is 9.97. The molecule has 2 N–H and O–H groups in total. The van der Waals surface area contributed by atoms with Crippen LogP contribution < -0.4 is 5.32 Å². The van der Waals surface area contributed by atoms with Crippen LogP contribution in [0.25, 0.3) is 0 Å². The highest BCUT2D eigenvalue weighted by molar-refractivity contribution is 6.30. The van der Waals surface area contributed by atoms with Gasteiger partial charge in [0.05, 0.1) is 22.7 Å². The van der Waals surface area contributed by atoms with Crippen molar-refractivity contribution in [1.29, 1.82) is 0 Å². The zero-order valence-corrected chi connectivity index (χ0v) is 11.4. The van der Waals surface area contributed by atoms with E-state index in [1.807, 2.05) is 0 Å². The number of benzene rings is 1. The van der Waals surface area contributed by atoms with Crippen LogP contribution in [-0.2, 0) is 6.54 Å². The Morgan fingerprint density at radius 2 is 2.14 bits per heavy atom. The molecule has 0 radical (unpaired) electrons. The summed E-state index contributed by atoms with van der Waals surface area (Å²) in [6.45, 7) is 0.156. The number of carboxylic acid groups (broad SMARTS) is 1. The predicted octanol–water partition coefficient (Wildman–Crippen LogP) is 2.95.